The minimum Gasteiger partial charge on any atom is -0.451 e. The number of esters is 1. The Kier molecular flexibility index (Phi) is 6.26. The van der Waals surface area contributed by atoms with Gasteiger partial charge in [-0.05, 0) is 49.4 Å². The van der Waals surface area contributed by atoms with Crippen LogP contribution in [0.4, 0.5) is 9.18 Å². The van der Waals surface area contributed by atoms with Gasteiger partial charge in [0.25, 0.3) is 5.91 Å². The molecule has 3 amide bonds. The van der Waals surface area contributed by atoms with E-state index in [9.17, 15) is 18.8 Å². The Morgan fingerprint density at radius 3 is 2.62 bits per heavy atom. The number of nitrogens with one attached hydrogen (secondary N) is 2. The van der Waals surface area contributed by atoms with Crippen LogP contribution in [-0.2, 0) is 22.4 Å². The van der Waals surface area contributed by atoms with Gasteiger partial charge in [-0.1, -0.05) is 13.8 Å². The van der Waals surface area contributed by atoms with Crippen molar-refractivity contribution in [3.63, 3.8) is 0 Å². The van der Waals surface area contributed by atoms with Crippen LogP contribution in [0.25, 0.3) is 5.69 Å². The standard InChI is InChI=1S/C20H23FN4O4/c1-12(2)10-22-20(28)23-17(26)11-29-19(27)18-15-4-3-5-16(15)25(24-18)14-8-6-13(21)7-9-14/h6-9,12H,3-5,10-11H2,1-2H3,(H2,22,23,26,28). The number of imide groups is 1. The summed E-state index contributed by atoms with van der Waals surface area (Å²) < 4.78 is 19.8. The van der Waals surface area contributed by atoms with Crippen molar-refractivity contribution < 1.29 is 23.5 Å². The quantitative estimate of drug-likeness (QED) is 0.721. The van der Waals surface area contributed by atoms with E-state index in [2.05, 4.69) is 15.7 Å². The molecule has 154 valence electrons. The second-order valence-corrected chi connectivity index (χ2v) is 7.24. The third kappa shape index (κ3) is 4.98. The summed E-state index contributed by atoms with van der Waals surface area (Å²) >= 11 is 0. The van der Waals surface area contributed by atoms with E-state index in [1.54, 1.807) is 16.8 Å². The van der Waals surface area contributed by atoms with Gasteiger partial charge in [-0.2, -0.15) is 5.10 Å². The van der Waals surface area contributed by atoms with E-state index in [4.69, 9.17) is 4.74 Å². The summed E-state index contributed by atoms with van der Waals surface area (Å²) in [6.45, 7) is 3.68. The van der Waals surface area contributed by atoms with E-state index in [0.29, 0.717) is 18.7 Å². The summed E-state index contributed by atoms with van der Waals surface area (Å²) in [6.07, 6.45) is 2.28. The molecule has 1 heterocycles. The summed E-state index contributed by atoms with van der Waals surface area (Å²) in [6, 6.07) is 5.18. The van der Waals surface area contributed by atoms with Crippen molar-refractivity contribution in [1.29, 1.82) is 0 Å². The lowest BCUT2D eigenvalue weighted by atomic mass is 10.2. The molecule has 8 nitrogen and oxygen atoms in total. The van der Waals surface area contributed by atoms with Crippen molar-refractivity contribution in [3.8, 4) is 5.69 Å². The Hall–Kier alpha value is -3.23. The van der Waals surface area contributed by atoms with Crippen LogP contribution in [0, 0.1) is 11.7 Å². The maximum atomic E-state index is 13.2. The van der Waals surface area contributed by atoms with E-state index < -0.39 is 24.5 Å². The lowest BCUT2D eigenvalue weighted by Crippen LogP contribution is -2.42. The topological polar surface area (TPSA) is 102 Å². The number of benzene rings is 1. The maximum absolute atomic E-state index is 13.2. The maximum Gasteiger partial charge on any atom is 0.359 e. The van der Waals surface area contributed by atoms with Gasteiger partial charge < -0.3 is 10.1 Å². The fraction of sp³-hybridized carbons (Fsp3) is 0.400. The van der Waals surface area contributed by atoms with Gasteiger partial charge in [0.15, 0.2) is 12.3 Å². The Bertz CT molecular complexity index is 921. The number of rotatable bonds is 6. The lowest BCUT2D eigenvalue weighted by molar-refractivity contribution is -0.123. The number of fused-ring (bicyclic) bond motifs is 1. The molecule has 2 N–H and O–H groups in total. The summed E-state index contributed by atoms with van der Waals surface area (Å²) in [5.74, 6) is -1.58. The summed E-state index contributed by atoms with van der Waals surface area (Å²) in [5, 5.41) is 8.97. The predicted molar refractivity (Wildman–Crippen MR) is 102 cm³/mol. The number of halogens is 1. The summed E-state index contributed by atoms with van der Waals surface area (Å²) in [5.41, 5.74) is 2.43. The number of carbonyl (C=O) groups is 3. The highest BCUT2D eigenvalue weighted by molar-refractivity contribution is 5.97. The van der Waals surface area contributed by atoms with E-state index >= 15 is 0 Å². The largest absolute Gasteiger partial charge is 0.451 e. The number of hydrogen-bond acceptors (Lipinski definition) is 5. The molecule has 0 fully saturated rings. The first-order valence-corrected chi connectivity index (χ1v) is 9.46. The Labute approximate surface area is 167 Å². The number of amides is 3. The van der Waals surface area contributed by atoms with Gasteiger partial charge >= 0.3 is 12.0 Å². The van der Waals surface area contributed by atoms with E-state index in [1.165, 1.54) is 12.1 Å². The smallest absolute Gasteiger partial charge is 0.359 e. The molecule has 0 bridgehead atoms. The van der Waals surface area contributed by atoms with Crippen molar-refractivity contribution in [2.75, 3.05) is 13.2 Å². The van der Waals surface area contributed by atoms with Gasteiger partial charge in [0.05, 0.1) is 5.69 Å². The summed E-state index contributed by atoms with van der Waals surface area (Å²) in [4.78, 5) is 35.9. The molecule has 0 radical (unpaired) electrons. The number of nitrogens with zero attached hydrogens (tertiary/aromatic N) is 2. The molecular formula is C20H23FN4O4. The predicted octanol–water partition coefficient (Wildman–Crippen LogP) is 2.14. The molecule has 0 aliphatic heterocycles. The first-order chi connectivity index (χ1) is 13.8. The average molecular weight is 402 g/mol. The van der Waals surface area contributed by atoms with Crippen LogP contribution in [0.5, 0.6) is 0 Å². The molecule has 1 aromatic heterocycles. The molecule has 0 unspecified atom stereocenters. The van der Waals surface area contributed by atoms with Crippen LogP contribution in [0.15, 0.2) is 24.3 Å². The fourth-order valence-corrected chi connectivity index (χ4v) is 3.10. The number of hydrogen-bond donors (Lipinski definition) is 2. The molecule has 0 saturated heterocycles. The van der Waals surface area contributed by atoms with Crippen LogP contribution in [-0.4, -0.2) is 40.8 Å². The van der Waals surface area contributed by atoms with E-state index in [0.717, 1.165) is 24.1 Å². The van der Waals surface area contributed by atoms with Crippen molar-refractivity contribution in [3.05, 3.63) is 47.0 Å². The second kappa shape index (κ2) is 8.85. The van der Waals surface area contributed by atoms with Gasteiger partial charge in [-0.25, -0.2) is 18.7 Å². The van der Waals surface area contributed by atoms with Crippen molar-refractivity contribution >= 4 is 17.9 Å². The van der Waals surface area contributed by atoms with Gasteiger partial charge in [0, 0.05) is 17.8 Å². The minimum atomic E-state index is -0.734. The Balaban J connectivity index is 1.64. The van der Waals surface area contributed by atoms with Gasteiger partial charge in [0.2, 0.25) is 0 Å². The highest BCUT2D eigenvalue weighted by Crippen LogP contribution is 2.28. The highest BCUT2D eigenvalue weighted by atomic mass is 19.1. The number of ether oxygens (including phenoxy) is 1. The van der Waals surface area contributed by atoms with Crippen molar-refractivity contribution in [2.45, 2.75) is 33.1 Å². The van der Waals surface area contributed by atoms with Crippen LogP contribution >= 0.6 is 0 Å². The van der Waals surface area contributed by atoms with Crippen molar-refractivity contribution in [1.82, 2.24) is 20.4 Å². The van der Waals surface area contributed by atoms with E-state index in [-0.39, 0.29) is 17.4 Å². The molecular weight excluding hydrogens is 379 g/mol. The van der Waals surface area contributed by atoms with Crippen molar-refractivity contribution in [2.24, 2.45) is 5.92 Å². The normalized spacial score (nSPS) is 12.6. The van der Waals surface area contributed by atoms with Crippen LogP contribution in [0.3, 0.4) is 0 Å². The number of carbonyl (C=O) groups excluding carboxylic acids is 3. The molecule has 1 aromatic carbocycles. The Morgan fingerprint density at radius 2 is 1.93 bits per heavy atom. The average Bonchev–Trinajstić information content (AvgIpc) is 3.28. The molecule has 0 atom stereocenters. The third-order valence-corrected chi connectivity index (χ3v) is 4.45. The molecule has 2 aromatic rings. The molecule has 1 aliphatic rings. The SMILES string of the molecule is CC(C)CNC(=O)NC(=O)COC(=O)c1nn(-c2ccc(F)cc2)c2c1CCC2. The first-order valence-electron chi connectivity index (χ1n) is 9.46. The lowest BCUT2D eigenvalue weighted by Gasteiger charge is -2.08. The van der Waals surface area contributed by atoms with Crippen LogP contribution in [0.2, 0.25) is 0 Å². The molecule has 0 spiro atoms. The van der Waals surface area contributed by atoms with Gasteiger partial charge in [-0.3, -0.25) is 10.1 Å². The molecule has 1 aliphatic carbocycles. The minimum absolute atomic E-state index is 0.138. The van der Waals surface area contributed by atoms with Crippen LogP contribution < -0.4 is 10.6 Å². The molecule has 9 heteroatoms. The molecule has 0 saturated carbocycles. The van der Waals surface area contributed by atoms with E-state index in [1.807, 2.05) is 13.8 Å². The zero-order valence-electron chi connectivity index (χ0n) is 16.3. The third-order valence-electron chi connectivity index (χ3n) is 4.45. The van der Waals surface area contributed by atoms with Gasteiger partial charge in [0.1, 0.15) is 5.82 Å². The first kappa shape index (κ1) is 20.5. The second-order valence-electron chi connectivity index (χ2n) is 7.24. The number of aromatic nitrogens is 2. The molecule has 29 heavy (non-hydrogen) atoms. The van der Waals surface area contributed by atoms with Crippen LogP contribution in [0.1, 0.15) is 42.0 Å². The van der Waals surface area contributed by atoms with Gasteiger partial charge in [-0.15, -0.1) is 0 Å². The molecule has 3 rings (SSSR count). The zero-order chi connectivity index (χ0) is 21.0. The zero-order valence-corrected chi connectivity index (χ0v) is 16.3. The number of urea groups is 1. The monoisotopic (exact) mass is 402 g/mol. The highest BCUT2D eigenvalue weighted by Gasteiger charge is 2.28. The Morgan fingerprint density at radius 1 is 1.21 bits per heavy atom. The summed E-state index contributed by atoms with van der Waals surface area (Å²) in [7, 11) is 0. The fourth-order valence-electron chi connectivity index (χ4n) is 3.10.